The number of hydrogen-bond acceptors (Lipinski definition) is 4. The van der Waals surface area contributed by atoms with E-state index in [1.807, 2.05) is 11.0 Å². The highest BCUT2D eigenvalue weighted by atomic mass is 32.1. The molecule has 4 nitrogen and oxygen atoms in total. The fourth-order valence-electron chi connectivity index (χ4n) is 2.85. The third-order valence-electron chi connectivity index (χ3n) is 4.27. The smallest absolute Gasteiger partial charge is 0.247 e. The maximum atomic E-state index is 12.4. The number of furan rings is 1. The molecule has 0 unspecified atom stereocenters. The second-order valence-corrected chi connectivity index (χ2v) is 7.20. The molecular weight excluding hydrogens is 332 g/mol. The van der Waals surface area contributed by atoms with Crippen LogP contribution in [0.15, 0.2) is 53.2 Å². The van der Waals surface area contributed by atoms with Crippen LogP contribution in [-0.2, 0) is 17.8 Å². The third-order valence-corrected chi connectivity index (χ3v) is 5.41. The predicted octanol–water partition coefficient (Wildman–Crippen LogP) is 4.31. The first kappa shape index (κ1) is 15.8. The standard InChI is InChI=1S/C20H18N2O2S/c1-14-4-6-15(7-5-14)20-21-17-10-11-22(13-18(17)25-20)19(23)9-8-16-3-2-12-24-16/h2-9,12H,10-11,13H2,1H3/b9-8+. The Morgan fingerprint density at radius 1 is 1.28 bits per heavy atom. The molecule has 1 amide bonds. The molecule has 5 heteroatoms. The second-order valence-electron chi connectivity index (χ2n) is 6.11. The molecule has 0 aliphatic carbocycles. The molecule has 3 heterocycles. The van der Waals surface area contributed by atoms with Gasteiger partial charge >= 0.3 is 0 Å². The second kappa shape index (κ2) is 6.69. The van der Waals surface area contributed by atoms with Crippen LogP contribution in [-0.4, -0.2) is 22.3 Å². The number of aromatic nitrogens is 1. The summed E-state index contributed by atoms with van der Waals surface area (Å²) in [4.78, 5) is 20.2. The third kappa shape index (κ3) is 3.42. The fourth-order valence-corrected chi connectivity index (χ4v) is 3.98. The zero-order valence-electron chi connectivity index (χ0n) is 13.9. The van der Waals surface area contributed by atoms with Gasteiger partial charge in [-0.25, -0.2) is 4.98 Å². The normalized spacial score (nSPS) is 14.0. The van der Waals surface area contributed by atoms with Crippen molar-refractivity contribution in [3.8, 4) is 10.6 Å². The zero-order valence-corrected chi connectivity index (χ0v) is 14.8. The Bertz CT molecular complexity index is 908. The Hall–Kier alpha value is -2.66. The molecule has 25 heavy (non-hydrogen) atoms. The lowest BCUT2D eigenvalue weighted by Gasteiger charge is -2.24. The average molecular weight is 350 g/mol. The summed E-state index contributed by atoms with van der Waals surface area (Å²) < 4.78 is 5.22. The van der Waals surface area contributed by atoms with Gasteiger partial charge in [-0.15, -0.1) is 11.3 Å². The van der Waals surface area contributed by atoms with Crippen molar-refractivity contribution in [2.24, 2.45) is 0 Å². The molecule has 2 aromatic heterocycles. The van der Waals surface area contributed by atoms with E-state index in [2.05, 4.69) is 31.2 Å². The quantitative estimate of drug-likeness (QED) is 0.661. The van der Waals surface area contributed by atoms with Crippen LogP contribution >= 0.6 is 11.3 Å². The minimum atomic E-state index is 0.00679. The van der Waals surface area contributed by atoms with Gasteiger partial charge in [-0.1, -0.05) is 29.8 Å². The van der Waals surface area contributed by atoms with Gasteiger partial charge in [0, 0.05) is 29.5 Å². The molecule has 0 saturated heterocycles. The van der Waals surface area contributed by atoms with Crippen molar-refractivity contribution in [1.29, 1.82) is 0 Å². The van der Waals surface area contributed by atoms with Gasteiger partial charge in [0.2, 0.25) is 5.91 Å². The molecule has 0 fully saturated rings. The van der Waals surface area contributed by atoms with Crippen molar-refractivity contribution in [1.82, 2.24) is 9.88 Å². The molecule has 0 bridgehead atoms. The summed E-state index contributed by atoms with van der Waals surface area (Å²) in [5, 5.41) is 1.03. The zero-order chi connectivity index (χ0) is 17.2. The Labute approximate surface area is 150 Å². The number of thiazole rings is 1. The van der Waals surface area contributed by atoms with Crippen molar-refractivity contribution >= 4 is 23.3 Å². The van der Waals surface area contributed by atoms with Gasteiger partial charge in [0.05, 0.1) is 18.5 Å². The van der Waals surface area contributed by atoms with Crippen LogP contribution in [0.25, 0.3) is 16.6 Å². The number of hydrogen-bond donors (Lipinski definition) is 0. The van der Waals surface area contributed by atoms with Gasteiger partial charge in [-0.2, -0.15) is 0 Å². The van der Waals surface area contributed by atoms with E-state index < -0.39 is 0 Å². The number of aryl methyl sites for hydroxylation is 1. The van der Waals surface area contributed by atoms with Gasteiger partial charge in [-0.05, 0) is 25.1 Å². The van der Waals surface area contributed by atoms with Gasteiger partial charge in [0.1, 0.15) is 10.8 Å². The minimum absolute atomic E-state index is 0.00679. The maximum absolute atomic E-state index is 12.4. The van der Waals surface area contributed by atoms with Crippen molar-refractivity contribution < 1.29 is 9.21 Å². The summed E-state index contributed by atoms with van der Waals surface area (Å²) in [6.07, 6.45) is 5.69. The van der Waals surface area contributed by atoms with E-state index >= 15 is 0 Å². The Morgan fingerprint density at radius 3 is 2.88 bits per heavy atom. The number of benzene rings is 1. The first-order valence-corrected chi connectivity index (χ1v) is 9.07. The highest BCUT2D eigenvalue weighted by molar-refractivity contribution is 7.15. The molecule has 1 aliphatic rings. The molecule has 1 aliphatic heterocycles. The van der Waals surface area contributed by atoms with Crippen molar-refractivity contribution in [3.63, 3.8) is 0 Å². The van der Waals surface area contributed by atoms with E-state index in [-0.39, 0.29) is 5.91 Å². The lowest BCUT2D eigenvalue weighted by Crippen LogP contribution is -2.34. The highest BCUT2D eigenvalue weighted by Gasteiger charge is 2.23. The summed E-state index contributed by atoms with van der Waals surface area (Å²) in [7, 11) is 0. The molecule has 0 N–H and O–H groups in total. The first-order chi connectivity index (χ1) is 12.2. The fraction of sp³-hybridized carbons (Fsp3) is 0.200. The Kier molecular flexibility index (Phi) is 4.24. The number of nitrogens with zero attached hydrogens (tertiary/aromatic N) is 2. The van der Waals surface area contributed by atoms with Crippen LogP contribution in [0.4, 0.5) is 0 Å². The summed E-state index contributed by atoms with van der Waals surface area (Å²) in [5.74, 6) is 0.692. The summed E-state index contributed by atoms with van der Waals surface area (Å²) in [6.45, 7) is 3.40. The Balaban J connectivity index is 1.49. The summed E-state index contributed by atoms with van der Waals surface area (Å²) in [6, 6.07) is 12.1. The molecule has 4 rings (SSSR count). The van der Waals surface area contributed by atoms with E-state index in [1.54, 1.807) is 35.8 Å². The van der Waals surface area contributed by atoms with Crippen LogP contribution in [0.3, 0.4) is 0 Å². The number of carbonyl (C=O) groups excluding carboxylic acids is 1. The van der Waals surface area contributed by atoms with Gasteiger partial charge in [0.25, 0.3) is 0 Å². The predicted molar refractivity (Wildman–Crippen MR) is 99.2 cm³/mol. The Morgan fingerprint density at radius 2 is 2.12 bits per heavy atom. The molecule has 3 aromatic rings. The van der Waals surface area contributed by atoms with E-state index in [9.17, 15) is 4.79 Å². The number of fused-ring (bicyclic) bond motifs is 1. The van der Waals surface area contributed by atoms with Gasteiger partial charge in [0.15, 0.2) is 0 Å². The monoisotopic (exact) mass is 350 g/mol. The van der Waals surface area contributed by atoms with Crippen molar-refractivity contribution in [2.45, 2.75) is 19.9 Å². The SMILES string of the molecule is Cc1ccc(-c2nc3c(s2)CN(C(=O)/C=C/c2ccco2)CC3)cc1. The molecule has 1 aromatic carbocycles. The average Bonchev–Trinajstić information content (AvgIpc) is 3.29. The molecule has 0 radical (unpaired) electrons. The summed E-state index contributed by atoms with van der Waals surface area (Å²) >= 11 is 1.68. The molecule has 0 spiro atoms. The van der Waals surface area contributed by atoms with Gasteiger partial charge in [-0.3, -0.25) is 4.79 Å². The topological polar surface area (TPSA) is 46.3 Å². The van der Waals surface area contributed by atoms with Crippen LogP contribution in [0, 0.1) is 6.92 Å². The first-order valence-electron chi connectivity index (χ1n) is 8.25. The largest absolute Gasteiger partial charge is 0.465 e. The molecule has 0 saturated carbocycles. The van der Waals surface area contributed by atoms with E-state index in [0.29, 0.717) is 18.8 Å². The molecule has 126 valence electrons. The van der Waals surface area contributed by atoms with E-state index in [4.69, 9.17) is 9.40 Å². The number of rotatable bonds is 3. The van der Waals surface area contributed by atoms with E-state index in [0.717, 1.165) is 22.7 Å². The van der Waals surface area contributed by atoms with Crippen molar-refractivity contribution in [2.75, 3.05) is 6.54 Å². The molecule has 0 atom stereocenters. The number of amides is 1. The van der Waals surface area contributed by atoms with Gasteiger partial charge < -0.3 is 9.32 Å². The summed E-state index contributed by atoms with van der Waals surface area (Å²) in [5.41, 5.74) is 3.51. The molecular formula is C20H18N2O2S. The van der Waals surface area contributed by atoms with Crippen LogP contribution in [0.1, 0.15) is 21.9 Å². The van der Waals surface area contributed by atoms with E-state index in [1.165, 1.54) is 10.4 Å². The highest BCUT2D eigenvalue weighted by Crippen LogP contribution is 2.31. The number of carbonyl (C=O) groups is 1. The maximum Gasteiger partial charge on any atom is 0.247 e. The minimum Gasteiger partial charge on any atom is -0.465 e. The lowest BCUT2D eigenvalue weighted by atomic mass is 10.1. The van der Waals surface area contributed by atoms with Crippen molar-refractivity contribution in [3.05, 3.63) is 70.6 Å². The lowest BCUT2D eigenvalue weighted by molar-refractivity contribution is -0.126. The van der Waals surface area contributed by atoms with Crippen LogP contribution in [0.2, 0.25) is 0 Å². The van der Waals surface area contributed by atoms with Crippen LogP contribution < -0.4 is 0 Å². The van der Waals surface area contributed by atoms with Crippen LogP contribution in [0.5, 0.6) is 0 Å².